The van der Waals surface area contributed by atoms with Crippen molar-refractivity contribution in [2.24, 2.45) is 5.92 Å². The van der Waals surface area contributed by atoms with Crippen molar-refractivity contribution >= 4 is 23.2 Å². The van der Waals surface area contributed by atoms with E-state index in [1.165, 1.54) is 5.56 Å². The summed E-state index contributed by atoms with van der Waals surface area (Å²) >= 11 is 0. The van der Waals surface area contributed by atoms with E-state index in [1.54, 1.807) is 6.92 Å². The molecular weight excluding hydrogens is 388 g/mol. The summed E-state index contributed by atoms with van der Waals surface area (Å²) in [7, 11) is 0. The molecule has 0 aliphatic carbocycles. The topological polar surface area (TPSA) is 57.7 Å². The molecule has 1 aliphatic rings. The van der Waals surface area contributed by atoms with Crippen LogP contribution in [0.5, 0.6) is 0 Å². The Morgan fingerprint density at radius 1 is 0.806 bits per heavy atom. The van der Waals surface area contributed by atoms with Crippen LogP contribution in [0.3, 0.4) is 0 Å². The van der Waals surface area contributed by atoms with Crippen LogP contribution in [0.15, 0.2) is 48.5 Å². The van der Waals surface area contributed by atoms with Crippen LogP contribution in [-0.2, 0) is 11.2 Å². The maximum absolute atomic E-state index is 12.6. The SMILES string of the molecule is CC(=O)c1ccc(N2CCN(C(=O)CCC(=O)c3ccc(CC(C)C)cc3)CC2)cc1. The van der Waals surface area contributed by atoms with Gasteiger partial charge < -0.3 is 9.80 Å². The van der Waals surface area contributed by atoms with E-state index >= 15 is 0 Å². The van der Waals surface area contributed by atoms with Gasteiger partial charge in [0.25, 0.3) is 0 Å². The highest BCUT2D eigenvalue weighted by Gasteiger charge is 2.22. The third kappa shape index (κ3) is 6.27. The van der Waals surface area contributed by atoms with Crippen molar-refractivity contribution in [2.75, 3.05) is 31.1 Å². The van der Waals surface area contributed by atoms with Gasteiger partial charge in [-0.15, -0.1) is 0 Å². The molecule has 0 unspecified atom stereocenters. The molecule has 1 heterocycles. The minimum Gasteiger partial charge on any atom is -0.368 e. The molecule has 2 aromatic rings. The van der Waals surface area contributed by atoms with Crippen LogP contribution in [0.2, 0.25) is 0 Å². The molecule has 5 nitrogen and oxygen atoms in total. The Bertz CT molecular complexity index is 909. The molecule has 0 N–H and O–H groups in total. The summed E-state index contributed by atoms with van der Waals surface area (Å²) in [6, 6.07) is 15.4. The van der Waals surface area contributed by atoms with E-state index in [0.717, 1.165) is 25.2 Å². The first kappa shape index (κ1) is 22.7. The Morgan fingerprint density at radius 3 is 1.94 bits per heavy atom. The third-order valence-electron chi connectivity index (χ3n) is 5.76. The molecule has 1 fully saturated rings. The lowest BCUT2D eigenvalue weighted by Gasteiger charge is -2.36. The van der Waals surface area contributed by atoms with Crippen LogP contribution in [-0.4, -0.2) is 48.6 Å². The highest BCUT2D eigenvalue weighted by molar-refractivity contribution is 5.98. The lowest BCUT2D eigenvalue weighted by molar-refractivity contribution is -0.131. The zero-order valence-electron chi connectivity index (χ0n) is 18.8. The molecule has 0 saturated carbocycles. The van der Waals surface area contributed by atoms with Crippen molar-refractivity contribution in [3.8, 4) is 0 Å². The molecule has 164 valence electrons. The monoisotopic (exact) mass is 420 g/mol. The maximum atomic E-state index is 12.6. The number of rotatable bonds is 8. The second-order valence-electron chi connectivity index (χ2n) is 8.69. The number of Topliss-reactive ketones (excluding diaryl/α,β-unsaturated/α-hetero) is 2. The number of anilines is 1. The number of carbonyl (C=O) groups is 3. The first-order chi connectivity index (χ1) is 14.8. The van der Waals surface area contributed by atoms with E-state index in [4.69, 9.17) is 0 Å². The number of nitrogens with zero attached hydrogens (tertiary/aromatic N) is 2. The van der Waals surface area contributed by atoms with Gasteiger partial charge >= 0.3 is 0 Å². The molecule has 0 aromatic heterocycles. The molecule has 0 radical (unpaired) electrons. The van der Waals surface area contributed by atoms with Crippen molar-refractivity contribution < 1.29 is 14.4 Å². The fourth-order valence-electron chi connectivity index (χ4n) is 3.94. The van der Waals surface area contributed by atoms with Gasteiger partial charge in [0.2, 0.25) is 5.91 Å². The lowest BCUT2D eigenvalue weighted by atomic mass is 9.99. The van der Waals surface area contributed by atoms with Crippen LogP contribution in [0.4, 0.5) is 5.69 Å². The van der Waals surface area contributed by atoms with Crippen LogP contribution in [0.1, 0.15) is 59.9 Å². The normalized spacial score (nSPS) is 14.1. The first-order valence-electron chi connectivity index (χ1n) is 11.1. The number of piperazine rings is 1. The van der Waals surface area contributed by atoms with E-state index in [1.807, 2.05) is 53.4 Å². The Labute approximate surface area is 185 Å². The Hall–Kier alpha value is -2.95. The van der Waals surface area contributed by atoms with Gasteiger partial charge in [0, 0.05) is 55.8 Å². The lowest BCUT2D eigenvalue weighted by Crippen LogP contribution is -2.48. The van der Waals surface area contributed by atoms with Gasteiger partial charge in [0.05, 0.1) is 0 Å². The van der Waals surface area contributed by atoms with Crippen molar-refractivity contribution in [2.45, 2.75) is 40.0 Å². The summed E-state index contributed by atoms with van der Waals surface area (Å²) in [5.41, 5.74) is 3.68. The molecular formula is C26H32N2O3. The zero-order valence-corrected chi connectivity index (χ0v) is 18.8. The molecule has 0 bridgehead atoms. The van der Waals surface area contributed by atoms with E-state index in [0.29, 0.717) is 30.1 Å². The summed E-state index contributed by atoms with van der Waals surface area (Å²) in [5.74, 6) is 0.701. The van der Waals surface area contributed by atoms with Crippen LogP contribution < -0.4 is 4.90 Å². The Balaban J connectivity index is 1.45. The second-order valence-corrected chi connectivity index (χ2v) is 8.69. The molecule has 31 heavy (non-hydrogen) atoms. The number of benzene rings is 2. The van der Waals surface area contributed by atoms with Crippen molar-refractivity contribution in [1.29, 1.82) is 0 Å². The molecule has 3 rings (SSSR count). The highest BCUT2D eigenvalue weighted by atomic mass is 16.2. The highest BCUT2D eigenvalue weighted by Crippen LogP contribution is 2.18. The number of ketones is 2. The van der Waals surface area contributed by atoms with Gasteiger partial charge in [0.1, 0.15) is 0 Å². The molecule has 0 spiro atoms. The van der Waals surface area contributed by atoms with Gasteiger partial charge in [-0.3, -0.25) is 14.4 Å². The summed E-state index contributed by atoms with van der Waals surface area (Å²) < 4.78 is 0. The standard InChI is InChI=1S/C26H32N2O3/c1-19(2)18-21-4-6-23(7-5-21)25(30)12-13-26(31)28-16-14-27(15-17-28)24-10-8-22(9-11-24)20(3)29/h4-11,19H,12-18H2,1-3H3. The first-order valence-corrected chi connectivity index (χ1v) is 11.1. The third-order valence-corrected chi connectivity index (χ3v) is 5.76. The minimum absolute atomic E-state index is 0.0219. The molecule has 1 aliphatic heterocycles. The average molecular weight is 421 g/mol. The number of amides is 1. The molecule has 1 amide bonds. The Morgan fingerprint density at radius 2 is 1.39 bits per heavy atom. The van der Waals surface area contributed by atoms with E-state index in [9.17, 15) is 14.4 Å². The van der Waals surface area contributed by atoms with Crippen molar-refractivity contribution in [3.05, 3.63) is 65.2 Å². The Kier molecular flexibility index (Phi) is 7.61. The van der Waals surface area contributed by atoms with Gasteiger partial charge in [-0.2, -0.15) is 0 Å². The number of hydrogen-bond donors (Lipinski definition) is 0. The van der Waals surface area contributed by atoms with Gasteiger partial charge in [-0.25, -0.2) is 0 Å². The smallest absolute Gasteiger partial charge is 0.223 e. The fourth-order valence-corrected chi connectivity index (χ4v) is 3.94. The van der Waals surface area contributed by atoms with Crippen LogP contribution >= 0.6 is 0 Å². The van der Waals surface area contributed by atoms with Crippen molar-refractivity contribution in [1.82, 2.24) is 4.90 Å². The van der Waals surface area contributed by atoms with Crippen LogP contribution in [0, 0.1) is 5.92 Å². The molecule has 0 atom stereocenters. The molecule has 2 aromatic carbocycles. The number of carbonyl (C=O) groups excluding carboxylic acids is 3. The summed E-state index contributed by atoms with van der Waals surface area (Å²) in [5, 5.41) is 0. The fraction of sp³-hybridized carbons (Fsp3) is 0.423. The molecule has 5 heteroatoms. The largest absolute Gasteiger partial charge is 0.368 e. The van der Waals surface area contributed by atoms with Crippen molar-refractivity contribution in [3.63, 3.8) is 0 Å². The zero-order chi connectivity index (χ0) is 22.4. The van der Waals surface area contributed by atoms with Gasteiger partial charge in [-0.05, 0) is 49.1 Å². The predicted octanol–water partition coefficient (Wildman–Crippen LogP) is 4.40. The van der Waals surface area contributed by atoms with Gasteiger partial charge in [-0.1, -0.05) is 38.1 Å². The quantitative estimate of drug-likeness (QED) is 0.594. The van der Waals surface area contributed by atoms with Gasteiger partial charge in [0.15, 0.2) is 11.6 Å². The maximum Gasteiger partial charge on any atom is 0.223 e. The minimum atomic E-state index is 0.0219. The molecule has 1 saturated heterocycles. The number of hydrogen-bond acceptors (Lipinski definition) is 4. The predicted molar refractivity (Wildman–Crippen MR) is 124 cm³/mol. The summed E-state index contributed by atoms with van der Waals surface area (Å²) in [6.07, 6.45) is 1.49. The summed E-state index contributed by atoms with van der Waals surface area (Å²) in [6.45, 7) is 8.69. The summed E-state index contributed by atoms with van der Waals surface area (Å²) in [4.78, 5) is 40.6. The van der Waals surface area contributed by atoms with E-state index < -0.39 is 0 Å². The van der Waals surface area contributed by atoms with E-state index in [-0.39, 0.29) is 30.3 Å². The second kappa shape index (κ2) is 10.4. The van der Waals surface area contributed by atoms with Crippen LogP contribution in [0.25, 0.3) is 0 Å². The average Bonchev–Trinajstić information content (AvgIpc) is 2.77. The van der Waals surface area contributed by atoms with E-state index in [2.05, 4.69) is 18.7 Å².